The summed E-state index contributed by atoms with van der Waals surface area (Å²) < 4.78 is 44.3. The molecule has 0 atom stereocenters. The molecule has 0 fully saturated rings. The lowest BCUT2D eigenvalue weighted by molar-refractivity contribution is -0.275. The summed E-state index contributed by atoms with van der Waals surface area (Å²) >= 11 is 6.69. The predicted molar refractivity (Wildman–Crippen MR) is 60.4 cm³/mol. The highest BCUT2D eigenvalue weighted by molar-refractivity contribution is 14.1. The lowest BCUT2D eigenvalue weighted by atomic mass is 10.3. The number of carbonyl (C=O) groups excluding carboxylic acids is 1. The number of alkyl halides is 3. The van der Waals surface area contributed by atoms with E-state index in [1.54, 1.807) is 0 Å². The van der Waals surface area contributed by atoms with Gasteiger partial charge in [0.05, 0.1) is 7.11 Å². The first-order chi connectivity index (χ1) is 7.74. The van der Waals surface area contributed by atoms with Gasteiger partial charge in [0.2, 0.25) is 0 Å². The Morgan fingerprint density at radius 2 is 2.06 bits per heavy atom. The molecule has 0 aliphatic carbocycles. The highest BCUT2D eigenvalue weighted by atomic mass is 127. The number of nitrogens with zero attached hydrogens (tertiary/aromatic N) is 1. The number of hydrogen-bond donors (Lipinski definition) is 0. The third-order valence-corrected chi connectivity index (χ3v) is 2.49. The zero-order chi connectivity index (χ0) is 13.2. The van der Waals surface area contributed by atoms with Crippen molar-refractivity contribution in [3.05, 3.63) is 15.5 Å². The number of hydrogen-bond acceptors (Lipinski definition) is 4. The van der Waals surface area contributed by atoms with Crippen LogP contribution in [0.5, 0.6) is 11.5 Å². The van der Waals surface area contributed by atoms with Gasteiger partial charge in [0.15, 0.2) is 17.2 Å². The van der Waals surface area contributed by atoms with Crippen LogP contribution in [-0.4, -0.2) is 23.7 Å². The van der Waals surface area contributed by atoms with Gasteiger partial charge >= 0.3 is 6.36 Å². The molecule has 1 aromatic heterocycles. The van der Waals surface area contributed by atoms with Crippen LogP contribution in [-0.2, 0) is 0 Å². The molecular formula is C8H4ClF3INO3. The SMILES string of the molecule is COc1cc(OC(F)(F)F)c(I)nc1C(=O)Cl. The summed E-state index contributed by atoms with van der Waals surface area (Å²) in [6.45, 7) is 0. The first kappa shape index (κ1) is 14.3. The molecule has 17 heavy (non-hydrogen) atoms. The minimum absolute atomic E-state index is 0.148. The van der Waals surface area contributed by atoms with E-state index in [9.17, 15) is 18.0 Å². The molecule has 9 heteroatoms. The molecule has 0 N–H and O–H groups in total. The molecule has 0 spiro atoms. The molecule has 0 amide bonds. The van der Waals surface area contributed by atoms with Crippen molar-refractivity contribution < 1.29 is 27.4 Å². The van der Waals surface area contributed by atoms with E-state index in [1.165, 1.54) is 29.7 Å². The Morgan fingerprint density at radius 3 is 2.47 bits per heavy atom. The van der Waals surface area contributed by atoms with Crippen LogP contribution in [0.3, 0.4) is 0 Å². The van der Waals surface area contributed by atoms with E-state index in [1.807, 2.05) is 0 Å². The van der Waals surface area contributed by atoms with Crippen LogP contribution < -0.4 is 9.47 Å². The molecule has 0 radical (unpaired) electrons. The fourth-order valence-corrected chi connectivity index (χ4v) is 1.59. The van der Waals surface area contributed by atoms with E-state index in [0.29, 0.717) is 0 Å². The number of rotatable bonds is 3. The number of aromatic nitrogens is 1. The Hall–Kier alpha value is -0.770. The largest absolute Gasteiger partial charge is 0.573 e. The third kappa shape index (κ3) is 3.87. The second-order valence-corrected chi connectivity index (χ2v) is 4.01. The Morgan fingerprint density at radius 1 is 1.47 bits per heavy atom. The highest BCUT2D eigenvalue weighted by Crippen LogP contribution is 2.32. The van der Waals surface area contributed by atoms with Crippen molar-refractivity contribution in [3.8, 4) is 11.5 Å². The zero-order valence-corrected chi connectivity index (χ0v) is 11.1. The summed E-state index contributed by atoms with van der Waals surface area (Å²) in [6, 6.07) is 0.901. The quantitative estimate of drug-likeness (QED) is 0.459. The van der Waals surface area contributed by atoms with Crippen molar-refractivity contribution >= 4 is 39.4 Å². The number of methoxy groups -OCH3 is 1. The average molecular weight is 381 g/mol. The number of carbonyl (C=O) groups is 1. The van der Waals surface area contributed by atoms with Crippen molar-refractivity contribution in [2.45, 2.75) is 6.36 Å². The van der Waals surface area contributed by atoms with Crippen LogP contribution in [0.2, 0.25) is 0 Å². The summed E-state index contributed by atoms with van der Waals surface area (Å²) in [7, 11) is 1.17. The van der Waals surface area contributed by atoms with Crippen LogP contribution in [0.15, 0.2) is 6.07 Å². The van der Waals surface area contributed by atoms with Gasteiger partial charge in [0, 0.05) is 6.07 Å². The van der Waals surface area contributed by atoms with E-state index in [2.05, 4.69) is 9.72 Å². The second kappa shape index (κ2) is 5.25. The molecule has 4 nitrogen and oxygen atoms in total. The molecule has 0 saturated carbocycles. The van der Waals surface area contributed by atoms with Gasteiger partial charge in [0.1, 0.15) is 3.70 Å². The molecular weight excluding hydrogens is 377 g/mol. The molecule has 0 aliphatic heterocycles. The smallest absolute Gasteiger partial charge is 0.494 e. The molecule has 0 aromatic carbocycles. The minimum atomic E-state index is -4.85. The maximum Gasteiger partial charge on any atom is 0.573 e. The summed E-state index contributed by atoms with van der Waals surface area (Å²) in [5, 5.41) is -0.932. The van der Waals surface area contributed by atoms with E-state index in [4.69, 9.17) is 16.3 Å². The molecule has 1 rings (SSSR count). The van der Waals surface area contributed by atoms with E-state index in [0.717, 1.165) is 6.07 Å². The molecule has 94 valence electrons. The van der Waals surface area contributed by atoms with Gasteiger partial charge < -0.3 is 9.47 Å². The van der Waals surface area contributed by atoms with E-state index in [-0.39, 0.29) is 15.1 Å². The molecule has 0 bridgehead atoms. The highest BCUT2D eigenvalue weighted by Gasteiger charge is 2.33. The minimum Gasteiger partial charge on any atom is -0.494 e. The normalized spacial score (nSPS) is 11.2. The monoisotopic (exact) mass is 381 g/mol. The molecule has 0 aliphatic rings. The van der Waals surface area contributed by atoms with Crippen molar-refractivity contribution in [3.63, 3.8) is 0 Å². The number of halogens is 5. The Balaban J connectivity index is 3.23. The lowest BCUT2D eigenvalue weighted by Crippen LogP contribution is -2.18. The molecule has 1 heterocycles. The summed E-state index contributed by atoms with van der Waals surface area (Å²) in [4.78, 5) is 14.5. The molecule has 0 unspecified atom stereocenters. The van der Waals surface area contributed by atoms with Gasteiger partial charge in [-0.1, -0.05) is 0 Å². The topological polar surface area (TPSA) is 48.4 Å². The maximum atomic E-state index is 12.0. The van der Waals surface area contributed by atoms with Crippen molar-refractivity contribution in [1.29, 1.82) is 0 Å². The Kier molecular flexibility index (Phi) is 4.42. The van der Waals surface area contributed by atoms with Crippen LogP contribution in [0.25, 0.3) is 0 Å². The lowest BCUT2D eigenvalue weighted by Gasteiger charge is -2.12. The standard InChI is InChI=1S/C8H4ClF3INO3/c1-16-3-2-4(17-8(10,11)12)7(13)14-5(3)6(9)15/h2H,1H3. The summed E-state index contributed by atoms with van der Waals surface area (Å²) in [5.74, 6) is -0.749. The predicted octanol–water partition coefficient (Wildman–Crippen LogP) is 2.97. The van der Waals surface area contributed by atoms with E-state index < -0.39 is 17.4 Å². The number of pyridine rings is 1. The Bertz CT molecular complexity index is 452. The van der Waals surface area contributed by atoms with E-state index >= 15 is 0 Å². The van der Waals surface area contributed by atoms with Crippen LogP contribution in [0, 0.1) is 3.70 Å². The maximum absolute atomic E-state index is 12.0. The fraction of sp³-hybridized carbons (Fsp3) is 0.250. The first-order valence-corrected chi connectivity index (χ1v) is 5.40. The van der Waals surface area contributed by atoms with Crippen molar-refractivity contribution in [2.24, 2.45) is 0 Å². The Labute approximate surface area is 112 Å². The van der Waals surface area contributed by atoms with Crippen molar-refractivity contribution in [1.82, 2.24) is 4.98 Å². The van der Waals surface area contributed by atoms with Gasteiger partial charge in [-0.15, -0.1) is 13.2 Å². The van der Waals surface area contributed by atoms with Gasteiger partial charge in [-0.05, 0) is 34.2 Å². The average Bonchev–Trinajstić information content (AvgIpc) is 2.18. The molecule has 1 aromatic rings. The van der Waals surface area contributed by atoms with Crippen LogP contribution >= 0.6 is 34.2 Å². The van der Waals surface area contributed by atoms with Gasteiger partial charge in [-0.25, -0.2) is 4.98 Å². The van der Waals surface area contributed by atoms with Crippen LogP contribution in [0.1, 0.15) is 10.5 Å². The fourth-order valence-electron chi connectivity index (χ4n) is 0.948. The van der Waals surface area contributed by atoms with Gasteiger partial charge in [0.25, 0.3) is 5.24 Å². The second-order valence-electron chi connectivity index (χ2n) is 2.65. The van der Waals surface area contributed by atoms with Gasteiger partial charge in [-0.3, -0.25) is 4.79 Å². The summed E-state index contributed by atoms with van der Waals surface area (Å²) in [5.41, 5.74) is -0.270. The first-order valence-electron chi connectivity index (χ1n) is 3.94. The van der Waals surface area contributed by atoms with Crippen LogP contribution in [0.4, 0.5) is 13.2 Å². The zero-order valence-electron chi connectivity index (χ0n) is 8.14. The third-order valence-electron chi connectivity index (χ3n) is 1.54. The van der Waals surface area contributed by atoms with Crippen molar-refractivity contribution in [2.75, 3.05) is 7.11 Å². The van der Waals surface area contributed by atoms with Gasteiger partial charge in [-0.2, -0.15) is 0 Å². The number of ether oxygens (including phenoxy) is 2. The summed E-state index contributed by atoms with van der Waals surface area (Å²) in [6.07, 6.45) is -4.85. The molecule has 0 saturated heterocycles.